The Bertz CT molecular complexity index is 683. The van der Waals surface area contributed by atoms with Crippen molar-refractivity contribution in [1.82, 2.24) is 5.32 Å². The van der Waals surface area contributed by atoms with Crippen LogP contribution in [0.3, 0.4) is 0 Å². The van der Waals surface area contributed by atoms with Crippen LogP contribution in [0.1, 0.15) is 18.1 Å². The number of ether oxygens (including phenoxy) is 1. The number of benzene rings is 2. The molecule has 0 aliphatic rings. The van der Waals surface area contributed by atoms with Crippen molar-refractivity contribution >= 4 is 5.91 Å². The van der Waals surface area contributed by atoms with Crippen LogP contribution in [0.4, 0.5) is 0 Å². The van der Waals surface area contributed by atoms with E-state index in [9.17, 15) is 4.79 Å². The van der Waals surface area contributed by atoms with Crippen LogP contribution in [0, 0.1) is 0 Å². The van der Waals surface area contributed by atoms with Gasteiger partial charge in [0.1, 0.15) is 12.4 Å². The van der Waals surface area contributed by atoms with E-state index in [1.54, 1.807) is 0 Å². The number of rotatable bonds is 9. The summed E-state index contributed by atoms with van der Waals surface area (Å²) in [5, 5.41) is 3.24. The van der Waals surface area contributed by atoms with E-state index in [-0.39, 0.29) is 5.91 Å². The quantitative estimate of drug-likeness (QED) is 0.697. The molecular weight excluding hydrogens is 300 g/mol. The van der Waals surface area contributed by atoms with Gasteiger partial charge in [-0.25, -0.2) is 0 Å². The third kappa shape index (κ3) is 5.56. The lowest BCUT2D eigenvalue weighted by atomic mass is 10.0. The maximum atomic E-state index is 11.7. The second-order valence-electron chi connectivity index (χ2n) is 5.88. The van der Waals surface area contributed by atoms with E-state index in [1.165, 1.54) is 0 Å². The number of nitrogens with two attached hydrogens (primary N) is 1. The topological polar surface area (TPSA) is 64.3 Å². The Morgan fingerprint density at radius 2 is 1.83 bits per heavy atom. The minimum Gasteiger partial charge on any atom is -0.489 e. The number of hydrogen-bond donors (Lipinski definition) is 2. The molecule has 2 aromatic rings. The first kappa shape index (κ1) is 17.8. The van der Waals surface area contributed by atoms with Gasteiger partial charge in [-0.1, -0.05) is 55.1 Å². The molecule has 1 atom stereocenters. The maximum absolute atomic E-state index is 11.7. The van der Waals surface area contributed by atoms with Crippen LogP contribution < -0.4 is 15.8 Å². The Morgan fingerprint density at radius 3 is 2.50 bits per heavy atom. The molecule has 0 bridgehead atoms. The number of nitrogens with one attached hydrogen (secondary N) is 1. The predicted octanol–water partition coefficient (Wildman–Crippen LogP) is 2.83. The molecule has 0 unspecified atom stereocenters. The van der Waals surface area contributed by atoms with E-state index in [2.05, 4.69) is 11.9 Å². The highest BCUT2D eigenvalue weighted by molar-refractivity contribution is 5.80. The van der Waals surface area contributed by atoms with Gasteiger partial charge in [-0.2, -0.15) is 0 Å². The molecule has 0 radical (unpaired) electrons. The molecule has 4 heteroatoms. The molecule has 0 saturated heterocycles. The molecule has 126 valence electrons. The zero-order valence-corrected chi connectivity index (χ0v) is 14.0. The monoisotopic (exact) mass is 324 g/mol. The van der Waals surface area contributed by atoms with Gasteiger partial charge in [0.15, 0.2) is 0 Å². The van der Waals surface area contributed by atoms with Gasteiger partial charge in [0, 0.05) is 12.1 Å². The van der Waals surface area contributed by atoms with Crippen molar-refractivity contribution in [2.45, 2.75) is 25.9 Å². The summed E-state index contributed by atoms with van der Waals surface area (Å²) in [6.07, 6.45) is 0.560. The number of para-hydroxylation sites is 1. The first-order chi connectivity index (χ1) is 11.6. The van der Waals surface area contributed by atoms with Crippen molar-refractivity contribution in [2.24, 2.45) is 5.73 Å². The van der Waals surface area contributed by atoms with E-state index in [0.717, 1.165) is 22.4 Å². The second kappa shape index (κ2) is 8.89. The molecule has 0 aliphatic heterocycles. The van der Waals surface area contributed by atoms with Gasteiger partial charge < -0.3 is 15.8 Å². The van der Waals surface area contributed by atoms with E-state index >= 15 is 0 Å². The van der Waals surface area contributed by atoms with Gasteiger partial charge in [-0.3, -0.25) is 4.79 Å². The Morgan fingerprint density at radius 1 is 1.17 bits per heavy atom. The molecule has 0 aliphatic carbocycles. The normalized spacial score (nSPS) is 11.7. The van der Waals surface area contributed by atoms with Gasteiger partial charge in [0.2, 0.25) is 5.91 Å². The molecule has 0 saturated carbocycles. The lowest BCUT2D eigenvalue weighted by molar-refractivity contribution is -0.120. The Kier molecular flexibility index (Phi) is 6.58. The Labute approximate surface area is 143 Å². The van der Waals surface area contributed by atoms with E-state index in [1.807, 2.05) is 61.5 Å². The van der Waals surface area contributed by atoms with Crippen LogP contribution in [0.25, 0.3) is 0 Å². The molecule has 24 heavy (non-hydrogen) atoms. The molecule has 4 nitrogen and oxygen atoms in total. The fraction of sp³-hybridized carbons (Fsp3) is 0.250. The first-order valence-electron chi connectivity index (χ1n) is 7.98. The number of amides is 1. The van der Waals surface area contributed by atoms with Gasteiger partial charge in [-0.05, 0) is 30.5 Å². The van der Waals surface area contributed by atoms with E-state index in [4.69, 9.17) is 10.5 Å². The number of carbonyl (C=O) groups excluding carboxylic acids is 1. The van der Waals surface area contributed by atoms with Crippen LogP contribution in [-0.4, -0.2) is 18.6 Å². The minimum absolute atomic E-state index is 0.362. The molecule has 0 fully saturated rings. The van der Waals surface area contributed by atoms with Crippen molar-refractivity contribution in [3.8, 4) is 5.75 Å². The number of hydrogen-bond acceptors (Lipinski definition) is 3. The Hall–Kier alpha value is -2.59. The SMILES string of the molecule is C=C(C)COc1ccccc1CN[C@@H](Cc1ccccc1)C(N)=O. The standard InChI is InChI=1S/C20H24N2O2/c1-15(2)14-24-19-11-7-6-10-17(19)13-22-18(20(21)23)12-16-8-4-3-5-9-16/h3-11,18,22H,1,12-14H2,2H3,(H2,21,23)/t18-/m0/s1. The summed E-state index contributed by atoms with van der Waals surface area (Å²) in [5.41, 5.74) is 8.55. The highest BCUT2D eigenvalue weighted by Gasteiger charge is 2.16. The number of primary amides is 1. The summed E-state index contributed by atoms with van der Waals surface area (Å²) < 4.78 is 5.75. The minimum atomic E-state index is -0.429. The van der Waals surface area contributed by atoms with Gasteiger partial charge >= 0.3 is 0 Å². The van der Waals surface area contributed by atoms with Crippen molar-refractivity contribution in [1.29, 1.82) is 0 Å². The third-order valence-corrected chi connectivity index (χ3v) is 3.61. The van der Waals surface area contributed by atoms with Crippen molar-refractivity contribution in [2.75, 3.05) is 6.61 Å². The zero-order valence-electron chi connectivity index (χ0n) is 14.0. The van der Waals surface area contributed by atoms with Gasteiger partial charge in [-0.15, -0.1) is 0 Å². The molecule has 0 heterocycles. The fourth-order valence-corrected chi connectivity index (χ4v) is 2.35. The zero-order chi connectivity index (χ0) is 17.4. The van der Waals surface area contributed by atoms with E-state index in [0.29, 0.717) is 19.6 Å². The fourth-order valence-electron chi connectivity index (χ4n) is 2.35. The molecule has 0 spiro atoms. The van der Waals surface area contributed by atoms with Crippen LogP contribution >= 0.6 is 0 Å². The summed E-state index contributed by atoms with van der Waals surface area (Å²) in [7, 11) is 0. The van der Waals surface area contributed by atoms with Crippen LogP contribution in [0.15, 0.2) is 66.7 Å². The largest absolute Gasteiger partial charge is 0.489 e. The molecule has 0 aromatic heterocycles. The van der Waals surface area contributed by atoms with Gasteiger partial charge in [0.05, 0.1) is 6.04 Å². The lowest BCUT2D eigenvalue weighted by Crippen LogP contribution is -2.42. The second-order valence-corrected chi connectivity index (χ2v) is 5.88. The molecule has 2 aromatic carbocycles. The summed E-state index contributed by atoms with van der Waals surface area (Å²) in [5.74, 6) is 0.426. The molecule has 3 N–H and O–H groups in total. The van der Waals surface area contributed by atoms with E-state index < -0.39 is 6.04 Å². The maximum Gasteiger partial charge on any atom is 0.234 e. The lowest BCUT2D eigenvalue weighted by Gasteiger charge is -2.17. The first-order valence-corrected chi connectivity index (χ1v) is 7.98. The van der Waals surface area contributed by atoms with Crippen molar-refractivity contribution in [3.05, 3.63) is 77.9 Å². The molecule has 1 amide bonds. The number of carbonyl (C=O) groups is 1. The highest BCUT2D eigenvalue weighted by atomic mass is 16.5. The summed E-state index contributed by atoms with van der Waals surface area (Å²) in [4.78, 5) is 11.7. The third-order valence-electron chi connectivity index (χ3n) is 3.61. The average Bonchev–Trinajstić information content (AvgIpc) is 2.58. The summed E-state index contributed by atoms with van der Waals surface area (Å²) in [6.45, 7) is 6.74. The van der Waals surface area contributed by atoms with Crippen LogP contribution in [0.2, 0.25) is 0 Å². The molecule has 2 rings (SSSR count). The smallest absolute Gasteiger partial charge is 0.234 e. The molecular formula is C20H24N2O2. The van der Waals surface area contributed by atoms with Crippen molar-refractivity contribution < 1.29 is 9.53 Å². The predicted molar refractivity (Wildman–Crippen MR) is 96.7 cm³/mol. The highest BCUT2D eigenvalue weighted by Crippen LogP contribution is 2.18. The van der Waals surface area contributed by atoms with Gasteiger partial charge in [0.25, 0.3) is 0 Å². The van der Waals surface area contributed by atoms with Crippen LogP contribution in [-0.2, 0) is 17.8 Å². The summed E-state index contributed by atoms with van der Waals surface area (Å²) >= 11 is 0. The summed E-state index contributed by atoms with van der Waals surface area (Å²) in [6, 6.07) is 17.2. The van der Waals surface area contributed by atoms with Crippen LogP contribution in [0.5, 0.6) is 5.75 Å². The van der Waals surface area contributed by atoms with Crippen molar-refractivity contribution in [3.63, 3.8) is 0 Å². The Balaban J connectivity index is 2.01. The average molecular weight is 324 g/mol.